The summed E-state index contributed by atoms with van der Waals surface area (Å²) in [5.74, 6) is 2.33. The Morgan fingerprint density at radius 2 is 2.00 bits per heavy atom. The van der Waals surface area contributed by atoms with Crippen molar-refractivity contribution in [2.45, 2.75) is 13.0 Å². The van der Waals surface area contributed by atoms with E-state index in [0.717, 1.165) is 48.2 Å². The van der Waals surface area contributed by atoms with Crippen LogP contribution in [0.2, 0.25) is 0 Å². The van der Waals surface area contributed by atoms with Gasteiger partial charge in [-0.1, -0.05) is 30.3 Å². The quantitative estimate of drug-likeness (QED) is 0.637. The third-order valence-corrected chi connectivity index (χ3v) is 6.67. The number of likely N-dealkylation sites (N-methyl/N-ethyl adjacent to an activating group) is 1. The first-order chi connectivity index (χ1) is 13.2. The summed E-state index contributed by atoms with van der Waals surface area (Å²) in [4.78, 5) is 22.9. The zero-order valence-corrected chi connectivity index (χ0v) is 17.1. The van der Waals surface area contributed by atoms with Crippen LogP contribution in [0.1, 0.15) is 21.7 Å². The summed E-state index contributed by atoms with van der Waals surface area (Å²) >= 11 is 3.58. The van der Waals surface area contributed by atoms with Gasteiger partial charge in [0, 0.05) is 56.3 Å². The van der Waals surface area contributed by atoms with Gasteiger partial charge in [-0.3, -0.25) is 14.1 Å². The van der Waals surface area contributed by atoms with E-state index in [0.29, 0.717) is 12.2 Å². The summed E-state index contributed by atoms with van der Waals surface area (Å²) in [6, 6.07) is 10.3. The monoisotopic (exact) mass is 400 g/mol. The van der Waals surface area contributed by atoms with E-state index < -0.39 is 0 Å². The average Bonchev–Trinajstić information content (AvgIpc) is 3.30. The van der Waals surface area contributed by atoms with E-state index in [1.54, 1.807) is 16.2 Å². The molecule has 142 valence electrons. The molecule has 1 fully saturated rings. The van der Waals surface area contributed by atoms with Crippen molar-refractivity contribution >= 4 is 34.0 Å². The highest BCUT2D eigenvalue weighted by Crippen LogP contribution is 2.22. The maximum Gasteiger partial charge on any atom is 0.274 e. The predicted octanol–water partition coefficient (Wildman–Crippen LogP) is 3.26. The Balaban J connectivity index is 1.51. The summed E-state index contributed by atoms with van der Waals surface area (Å²) in [5, 5.41) is 2.03. The summed E-state index contributed by atoms with van der Waals surface area (Å²) in [5.41, 5.74) is 2.87. The van der Waals surface area contributed by atoms with E-state index in [-0.39, 0.29) is 5.91 Å². The fraction of sp³-hybridized carbons (Fsp3) is 0.400. The van der Waals surface area contributed by atoms with Crippen LogP contribution >= 0.6 is 23.1 Å². The van der Waals surface area contributed by atoms with Crippen LogP contribution in [0.15, 0.2) is 41.9 Å². The first kappa shape index (κ1) is 18.5. The number of rotatable bonds is 6. The largest absolute Gasteiger partial charge is 0.340 e. The van der Waals surface area contributed by atoms with E-state index in [4.69, 9.17) is 0 Å². The molecule has 0 bridgehead atoms. The zero-order chi connectivity index (χ0) is 18.6. The molecule has 1 saturated heterocycles. The predicted molar refractivity (Wildman–Crippen MR) is 113 cm³/mol. The summed E-state index contributed by atoms with van der Waals surface area (Å²) < 4.78 is 2.09. The van der Waals surface area contributed by atoms with Crippen molar-refractivity contribution in [1.82, 2.24) is 19.2 Å². The molecule has 0 saturated carbocycles. The summed E-state index contributed by atoms with van der Waals surface area (Å²) in [6.07, 6.45) is 2.88. The van der Waals surface area contributed by atoms with Crippen molar-refractivity contribution in [3.05, 3.63) is 58.9 Å². The minimum Gasteiger partial charge on any atom is -0.340 e. The molecule has 0 atom stereocenters. The Kier molecular flexibility index (Phi) is 5.80. The molecule has 1 aromatic carbocycles. The molecule has 1 amide bonds. The van der Waals surface area contributed by atoms with Crippen molar-refractivity contribution in [3.8, 4) is 0 Å². The summed E-state index contributed by atoms with van der Waals surface area (Å²) in [6.45, 7) is 3.61. The van der Waals surface area contributed by atoms with Gasteiger partial charge in [-0.2, -0.15) is 11.8 Å². The standard InChI is InChI=1S/C20H24N4OS2/c1-22(8-7-16-5-3-2-4-6-16)19(25)18-17(15-23-9-12-26-13-10-23)24-11-14-27-20(24)21-18/h2-6,11,14H,7-10,12-13,15H2,1H3. The zero-order valence-electron chi connectivity index (χ0n) is 15.5. The first-order valence-electron chi connectivity index (χ1n) is 9.26. The lowest BCUT2D eigenvalue weighted by Gasteiger charge is -2.26. The van der Waals surface area contributed by atoms with Gasteiger partial charge in [-0.15, -0.1) is 11.3 Å². The number of hydrogen-bond acceptors (Lipinski definition) is 5. The number of amides is 1. The molecular formula is C20H24N4OS2. The highest BCUT2D eigenvalue weighted by molar-refractivity contribution is 7.99. The van der Waals surface area contributed by atoms with Gasteiger partial charge < -0.3 is 4.90 Å². The average molecular weight is 401 g/mol. The topological polar surface area (TPSA) is 40.9 Å². The van der Waals surface area contributed by atoms with E-state index in [9.17, 15) is 4.79 Å². The Labute approximate surface area is 168 Å². The molecule has 0 radical (unpaired) electrons. The molecular weight excluding hydrogens is 376 g/mol. The Bertz CT molecular complexity index is 899. The fourth-order valence-electron chi connectivity index (χ4n) is 3.35. The van der Waals surface area contributed by atoms with Crippen molar-refractivity contribution in [2.75, 3.05) is 38.2 Å². The van der Waals surface area contributed by atoms with Crippen LogP contribution in [0, 0.1) is 0 Å². The van der Waals surface area contributed by atoms with Gasteiger partial charge in [0.2, 0.25) is 0 Å². The van der Waals surface area contributed by atoms with E-state index in [2.05, 4.69) is 26.4 Å². The van der Waals surface area contributed by atoms with Gasteiger partial charge in [-0.05, 0) is 12.0 Å². The number of thiazole rings is 1. The fourth-order valence-corrected chi connectivity index (χ4v) is 5.06. The minimum atomic E-state index is 0.0169. The molecule has 4 rings (SSSR count). The van der Waals surface area contributed by atoms with Crippen molar-refractivity contribution in [2.24, 2.45) is 0 Å². The maximum atomic E-state index is 13.1. The molecule has 3 heterocycles. The van der Waals surface area contributed by atoms with Crippen LogP contribution in [0.5, 0.6) is 0 Å². The third kappa shape index (κ3) is 4.20. The summed E-state index contributed by atoms with van der Waals surface area (Å²) in [7, 11) is 1.88. The van der Waals surface area contributed by atoms with Gasteiger partial charge >= 0.3 is 0 Å². The van der Waals surface area contributed by atoms with Crippen molar-refractivity contribution < 1.29 is 4.79 Å². The number of fused-ring (bicyclic) bond motifs is 1. The first-order valence-corrected chi connectivity index (χ1v) is 11.3. The van der Waals surface area contributed by atoms with Gasteiger partial charge in [0.05, 0.1) is 5.69 Å². The van der Waals surface area contributed by atoms with Crippen LogP contribution in [-0.2, 0) is 13.0 Å². The Morgan fingerprint density at radius 3 is 2.78 bits per heavy atom. The van der Waals surface area contributed by atoms with Crippen LogP contribution in [0.4, 0.5) is 0 Å². The van der Waals surface area contributed by atoms with E-state index >= 15 is 0 Å². The molecule has 27 heavy (non-hydrogen) atoms. The highest BCUT2D eigenvalue weighted by atomic mass is 32.2. The van der Waals surface area contributed by atoms with Gasteiger partial charge in [-0.25, -0.2) is 4.98 Å². The Morgan fingerprint density at radius 1 is 1.22 bits per heavy atom. The lowest BCUT2D eigenvalue weighted by atomic mass is 10.1. The Hall–Kier alpha value is -1.83. The normalized spacial score (nSPS) is 15.3. The maximum absolute atomic E-state index is 13.1. The molecule has 0 aliphatic carbocycles. The second-order valence-electron chi connectivity index (χ2n) is 6.81. The van der Waals surface area contributed by atoms with E-state index in [1.165, 1.54) is 5.56 Å². The van der Waals surface area contributed by atoms with Crippen molar-refractivity contribution in [1.29, 1.82) is 0 Å². The van der Waals surface area contributed by atoms with Gasteiger partial charge in [0.1, 0.15) is 0 Å². The molecule has 0 spiro atoms. The highest BCUT2D eigenvalue weighted by Gasteiger charge is 2.24. The van der Waals surface area contributed by atoms with E-state index in [1.807, 2.05) is 48.6 Å². The smallest absolute Gasteiger partial charge is 0.274 e. The van der Waals surface area contributed by atoms with Gasteiger partial charge in [0.25, 0.3) is 5.91 Å². The minimum absolute atomic E-state index is 0.0169. The number of carbonyl (C=O) groups is 1. The number of hydrogen-bond donors (Lipinski definition) is 0. The molecule has 3 aromatic rings. The van der Waals surface area contributed by atoms with Crippen LogP contribution in [0.25, 0.3) is 4.96 Å². The molecule has 7 heteroatoms. The third-order valence-electron chi connectivity index (χ3n) is 4.97. The van der Waals surface area contributed by atoms with Crippen LogP contribution in [0.3, 0.4) is 0 Å². The number of benzene rings is 1. The SMILES string of the molecule is CN(CCc1ccccc1)C(=O)c1nc2sccn2c1CN1CCSCC1. The second kappa shape index (κ2) is 8.46. The van der Waals surface area contributed by atoms with Crippen LogP contribution in [-0.4, -0.2) is 63.3 Å². The van der Waals surface area contributed by atoms with Gasteiger partial charge in [0.15, 0.2) is 10.7 Å². The second-order valence-corrected chi connectivity index (χ2v) is 8.91. The number of nitrogens with zero attached hydrogens (tertiary/aromatic N) is 4. The molecule has 0 unspecified atom stereocenters. The number of carbonyl (C=O) groups excluding carboxylic acids is 1. The number of imidazole rings is 1. The van der Waals surface area contributed by atoms with Crippen LogP contribution < -0.4 is 0 Å². The molecule has 2 aromatic heterocycles. The molecule has 0 N–H and O–H groups in total. The molecule has 1 aliphatic rings. The number of aromatic nitrogens is 2. The number of thioether (sulfide) groups is 1. The van der Waals surface area contributed by atoms with Crippen molar-refractivity contribution in [3.63, 3.8) is 0 Å². The molecule has 5 nitrogen and oxygen atoms in total. The lowest BCUT2D eigenvalue weighted by molar-refractivity contribution is 0.0789. The molecule has 1 aliphatic heterocycles. The lowest BCUT2D eigenvalue weighted by Crippen LogP contribution is -2.34.